The van der Waals surface area contributed by atoms with Gasteiger partial charge in [0.1, 0.15) is 12.6 Å². The van der Waals surface area contributed by atoms with Crippen LogP contribution in [0.4, 0.5) is 4.79 Å². The van der Waals surface area contributed by atoms with Crippen LogP contribution in [0.1, 0.15) is 17.5 Å². The maximum Gasteiger partial charge on any atom is 0.407 e. The van der Waals surface area contributed by atoms with Gasteiger partial charge in [0.15, 0.2) is 0 Å². The lowest BCUT2D eigenvalue weighted by atomic mass is 10.0. The molecule has 0 radical (unpaired) electrons. The highest BCUT2D eigenvalue weighted by atomic mass is 16.5. The van der Waals surface area contributed by atoms with Crippen LogP contribution in [0.25, 0.3) is 10.8 Å². The SMILES string of the molecule is O=C(C[C@@H](O)CNC(=O)OCc1ccccc1)N[C@@H](Cc1ccc2ccccc2c1)C(=O)O. The average molecular weight is 450 g/mol. The van der Waals surface area contributed by atoms with Gasteiger partial charge in [0, 0.05) is 13.0 Å². The van der Waals surface area contributed by atoms with Gasteiger partial charge in [0.25, 0.3) is 0 Å². The first-order chi connectivity index (χ1) is 15.9. The minimum Gasteiger partial charge on any atom is -0.480 e. The number of hydrogen-bond acceptors (Lipinski definition) is 5. The van der Waals surface area contributed by atoms with Crippen molar-refractivity contribution in [3.05, 3.63) is 83.9 Å². The maximum atomic E-state index is 12.2. The van der Waals surface area contributed by atoms with Crippen molar-refractivity contribution in [3.8, 4) is 0 Å². The molecule has 0 aliphatic carbocycles. The average Bonchev–Trinajstić information content (AvgIpc) is 2.81. The third-order valence-corrected chi connectivity index (χ3v) is 5.00. The van der Waals surface area contributed by atoms with Gasteiger partial charge >= 0.3 is 12.1 Å². The Balaban J connectivity index is 1.44. The number of carboxylic acids is 1. The second-order valence-electron chi connectivity index (χ2n) is 7.64. The predicted octanol–water partition coefficient (Wildman–Crippen LogP) is 2.63. The highest BCUT2D eigenvalue weighted by Gasteiger charge is 2.22. The lowest BCUT2D eigenvalue weighted by Crippen LogP contribution is -2.44. The van der Waals surface area contributed by atoms with E-state index in [-0.39, 0.29) is 26.0 Å². The summed E-state index contributed by atoms with van der Waals surface area (Å²) in [5, 5.41) is 26.4. The van der Waals surface area contributed by atoms with Crippen molar-refractivity contribution in [2.75, 3.05) is 6.54 Å². The molecular formula is C25H26N2O6. The molecule has 0 fully saturated rings. The van der Waals surface area contributed by atoms with Crippen LogP contribution in [0.15, 0.2) is 72.8 Å². The van der Waals surface area contributed by atoms with Gasteiger partial charge in [-0.3, -0.25) is 4.79 Å². The van der Waals surface area contributed by atoms with Crippen LogP contribution in [0.5, 0.6) is 0 Å². The normalized spacial score (nSPS) is 12.5. The van der Waals surface area contributed by atoms with Gasteiger partial charge in [0.05, 0.1) is 12.5 Å². The molecule has 0 aliphatic heterocycles. The number of benzene rings is 3. The molecule has 8 heteroatoms. The molecular weight excluding hydrogens is 424 g/mol. The number of carbonyl (C=O) groups excluding carboxylic acids is 2. The molecule has 2 atom stereocenters. The summed E-state index contributed by atoms with van der Waals surface area (Å²) in [6.07, 6.45) is -2.17. The van der Waals surface area contributed by atoms with E-state index in [9.17, 15) is 24.6 Å². The molecule has 0 saturated heterocycles. The highest BCUT2D eigenvalue weighted by molar-refractivity contribution is 5.85. The summed E-state index contributed by atoms with van der Waals surface area (Å²) in [5.74, 6) is -1.80. The number of aliphatic hydroxyl groups is 1. The number of alkyl carbamates (subject to hydrolysis) is 1. The third kappa shape index (κ3) is 7.62. The summed E-state index contributed by atoms with van der Waals surface area (Å²) in [6.45, 7) is -0.123. The van der Waals surface area contributed by atoms with E-state index in [1.165, 1.54) is 0 Å². The fourth-order valence-corrected chi connectivity index (χ4v) is 3.32. The molecule has 0 aliphatic rings. The molecule has 3 rings (SSSR count). The molecule has 0 saturated carbocycles. The molecule has 2 amide bonds. The van der Waals surface area contributed by atoms with Crippen LogP contribution in [-0.4, -0.2) is 46.9 Å². The van der Waals surface area contributed by atoms with Crippen molar-refractivity contribution >= 4 is 28.7 Å². The molecule has 172 valence electrons. The molecule has 4 N–H and O–H groups in total. The zero-order chi connectivity index (χ0) is 23.6. The second kappa shape index (κ2) is 11.6. The zero-order valence-corrected chi connectivity index (χ0v) is 17.9. The number of carbonyl (C=O) groups is 3. The topological polar surface area (TPSA) is 125 Å². The number of carboxylic acid groups (broad SMARTS) is 1. The van der Waals surface area contributed by atoms with E-state index in [0.717, 1.165) is 21.9 Å². The summed E-state index contributed by atoms with van der Waals surface area (Å²) in [6, 6.07) is 21.3. The van der Waals surface area contributed by atoms with Gasteiger partial charge in [0.2, 0.25) is 5.91 Å². The van der Waals surface area contributed by atoms with Crippen molar-refractivity contribution in [3.63, 3.8) is 0 Å². The third-order valence-electron chi connectivity index (χ3n) is 5.00. The second-order valence-corrected chi connectivity index (χ2v) is 7.64. The van der Waals surface area contributed by atoms with Gasteiger partial charge < -0.3 is 25.6 Å². The Morgan fingerprint density at radius 1 is 0.879 bits per heavy atom. The Labute approximate surface area is 191 Å². The number of fused-ring (bicyclic) bond motifs is 1. The van der Waals surface area contributed by atoms with Gasteiger partial charge in [-0.15, -0.1) is 0 Å². The van der Waals surface area contributed by atoms with Crippen LogP contribution in [0.3, 0.4) is 0 Å². The largest absolute Gasteiger partial charge is 0.480 e. The van der Waals surface area contributed by atoms with Crippen LogP contribution >= 0.6 is 0 Å². The van der Waals surface area contributed by atoms with E-state index in [0.29, 0.717) is 0 Å². The number of hydrogen-bond donors (Lipinski definition) is 4. The molecule has 8 nitrogen and oxygen atoms in total. The van der Waals surface area contributed by atoms with Crippen LogP contribution in [0.2, 0.25) is 0 Å². The van der Waals surface area contributed by atoms with E-state index in [2.05, 4.69) is 10.6 Å². The summed E-state index contributed by atoms with van der Waals surface area (Å²) in [4.78, 5) is 35.6. The molecule has 3 aromatic rings. The van der Waals surface area contributed by atoms with Gasteiger partial charge in [-0.1, -0.05) is 72.8 Å². The first-order valence-electron chi connectivity index (χ1n) is 10.5. The van der Waals surface area contributed by atoms with Gasteiger partial charge in [-0.25, -0.2) is 9.59 Å². The lowest BCUT2D eigenvalue weighted by Gasteiger charge is -2.17. The Morgan fingerprint density at radius 3 is 2.30 bits per heavy atom. The molecule has 0 unspecified atom stereocenters. The molecule has 0 heterocycles. The van der Waals surface area contributed by atoms with Crippen LogP contribution in [0, 0.1) is 0 Å². The lowest BCUT2D eigenvalue weighted by molar-refractivity contribution is -0.142. The monoisotopic (exact) mass is 450 g/mol. The standard InChI is InChI=1S/C25H26N2O6/c28-21(15-26-25(32)33-16-17-6-2-1-3-7-17)14-23(29)27-22(24(30)31)13-18-10-11-19-8-4-5-9-20(19)12-18/h1-12,21-22,28H,13-16H2,(H,26,32)(H,27,29)(H,30,31)/t21-,22+/m1/s1. The Morgan fingerprint density at radius 2 is 1.58 bits per heavy atom. The predicted molar refractivity (Wildman–Crippen MR) is 122 cm³/mol. The first kappa shape index (κ1) is 23.7. The molecule has 33 heavy (non-hydrogen) atoms. The Kier molecular flexibility index (Phi) is 8.37. The number of rotatable bonds is 10. The summed E-state index contributed by atoms with van der Waals surface area (Å²) in [7, 11) is 0. The molecule has 3 aromatic carbocycles. The summed E-state index contributed by atoms with van der Waals surface area (Å²) in [5.41, 5.74) is 1.59. The fraction of sp³-hybridized carbons (Fsp3) is 0.240. The van der Waals surface area contributed by atoms with E-state index in [1.54, 1.807) is 0 Å². The Bertz CT molecular complexity index is 1100. The molecule has 0 spiro atoms. The van der Waals surface area contributed by atoms with E-state index < -0.39 is 30.1 Å². The smallest absolute Gasteiger partial charge is 0.407 e. The van der Waals surface area contributed by atoms with Crippen LogP contribution < -0.4 is 10.6 Å². The van der Waals surface area contributed by atoms with Crippen molar-refractivity contribution < 1.29 is 29.3 Å². The molecule has 0 bridgehead atoms. The van der Waals surface area contributed by atoms with E-state index in [4.69, 9.17) is 4.74 Å². The quantitative estimate of drug-likeness (QED) is 0.376. The molecule has 0 aromatic heterocycles. The number of ether oxygens (including phenoxy) is 1. The van der Waals surface area contributed by atoms with Crippen LogP contribution in [-0.2, 0) is 27.4 Å². The number of aliphatic hydroxyl groups excluding tert-OH is 1. The minimum absolute atomic E-state index is 0.0817. The number of amides is 2. The number of nitrogens with one attached hydrogen (secondary N) is 2. The van der Waals surface area contributed by atoms with Crippen molar-refractivity contribution in [1.29, 1.82) is 0 Å². The highest BCUT2D eigenvalue weighted by Crippen LogP contribution is 2.17. The van der Waals surface area contributed by atoms with E-state index >= 15 is 0 Å². The zero-order valence-electron chi connectivity index (χ0n) is 17.9. The van der Waals surface area contributed by atoms with Crippen molar-refractivity contribution in [1.82, 2.24) is 10.6 Å². The van der Waals surface area contributed by atoms with E-state index in [1.807, 2.05) is 72.8 Å². The van der Waals surface area contributed by atoms with Gasteiger partial charge in [-0.05, 0) is 21.9 Å². The number of aliphatic carboxylic acids is 1. The Hall–Kier alpha value is -3.91. The summed E-state index contributed by atoms with van der Waals surface area (Å²) < 4.78 is 5.04. The summed E-state index contributed by atoms with van der Waals surface area (Å²) >= 11 is 0. The maximum absolute atomic E-state index is 12.2. The fourth-order valence-electron chi connectivity index (χ4n) is 3.32. The first-order valence-corrected chi connectivity index (χ1v) is 10.5. The van der Waals surface area contributed by atoms with Gasteiger partial charge in [-0.2, -0.15) is 0 Å². The van der Waals surface area contributed by atoms with Crippen molar-refractivity contribution in [2.45, 2.75) is 31.6 Å². The van der Waals surface area contributed by atoms with Crippen molar-refractivity contribution in [2.24, 2.45) is 0 Å². The minimum atomic E-state index is -1.19.